The van der Waals surface area contributed by atoms with Crippen LogP contribution in [0.3, 0.4) is 0 Å². The third-order valence-electron chi connectivity index (χ3n) is 3.38. The summed E-state index contributed by atoms with van der Waals surface area (Å²) in [6, 6.07) is 13.6. The molecule has 0 bridgehead atoms. The highest BCUT2D eigenvalue weighted by atomic mass is 16.2. The highest BCUT2D eigenvalue weighted by Gasteiger charge is 2.06. The molecule has 2 aromatic rings. The summed E-state index contributed by atoms with van der Waals surface area (Å²) in [5.41, 5.74) is 8.50. The minimum absolute atomic E-state index is 0.192. The molecule has 0 aliphatic carbocycles. The largest absolute Gasteiger partial charge is 0.271 e. The Labute approximate surface area is 125 Å². The van der Waals surface area contributed by atoms with Gasteiger partial charge in [-0.2, -0.15) is 5.10 Å². The van der Waals surface area contributed by atoms with E-state index in [1.807, 2.05) is 51.1 Å². The average molecular weight is 280 g/mol. The van der Waals surface area contributed by atoms with Crippen molar-refractivity contribution in [2.24, 2.45) is 5.10 Å². The maximum atomic E-state index is 12.1. The van der Waals surface area contributed by atoms with Crippen LogP contribution in [0, 0.1) is 20.8 Å². The number of aryl methyl sites for hydroxylation is 3. The van der Waals surface area contributed by atoms with Crippen molar-refractivity contribution in [1.29, 1.82) is 0 Å². The van der Waals surface area contributed by atoms with Crippen molar-refractivity contribution in [2.45, 2.75) is 27.7 Å². The van der Waals surface area contributed by atoms with E-state index in [-0.39, 0.29) is 5.91 Å². The van der Waals surface area contributed by atoms with Gasteiger partial charge >= 0.3 is 0 Å². The van der Waals surface area contributed by atoms with E-state index < -0.39 is 0 Å². The normalized spacial score (nSPS) is 11.3. The molecule has 2 rings (SSSR count). The van der Waals surface area contributed by atoms with Crippen molar-refractivity contribution in [1.82, 2.24) is 5.43 Å². The van der Waals surface area contributed by atoms with Gasteiger partial charge in [-0.05, 0) is 45.4 Å². The summed E-state index contributed by atoms with van der Waals surface area (Å²) >= 11 is 0. The van der Waals surface area contributed by atoms with Gasteiger partial charge in [-0.3, -0.25) is 4.79 Å². The zero-order valence-electron chi connectivity index (χ0n) is 12.9. The van der Waals surface area contributed by atoms with Crippen molar-refractivity contribution in [3.8, 4) is 0 Å². The van der Waals surface area contributed by atoms with Gasteiger partial charge in [0.15, 0.2) is 0 Å². The Morgan fingerprint density at radius 2 is 1.71 bits per heavy atom. The fraction of sp³-hybridized carbons (Fsp3) is 0.222. The molecule has 0 saturated carbocycles. The molecule has 21 heavy (non-hydrogen) atoms. The second-order valence-corrected chi connectivity index (χ2v) is 5.33. The summed E-state index contributed by atoms with van der Waals surface area (Å²) < 4.78 is 0. The number of hydrogen-bond acceptors (Lipinski definition) is 2. The smallest absolute Gasteiger partial charge is 0.267 e. The monoisotopic (exact) mass is 280 g/mol. The van der Waals surface area contributed by atoms with Crippen molar-refractivity contribution in [3.05, 3.63) is 70.3 Å². The Balaban J connectivity index is 2.15. The number of benzene rings is 2. The van der Waals surface area contributed by atoms with Crippen LogP contribution < -0.4 is 5.43 Å². The van der Waals surface area contributed by atoms with Gasteiger partial charge in [0.25, 0.3) is 5.91 Å². The Kier molecular flexibility index (Phi) is 4.53. The molecule has 3 heteroatoms. The van der Waals surface area contributed by atoms with Crippen LogP contribution in [0.4, 0.5) is 0 Å². The second kappa shape index (κ2) is 6.35. The lowest BCUT2D eigenvalue weighted by Crippen LogP contribution is -2.19. The first-order chi connectivity index (χ1) is 9.97. The average Bonchev–Trinajstić information content (AvgIpc) is 2.44. The number of amides is 1. The van der Waals surface area contributed by atoms with Crippen LogP contribution in [0.1, 0.15) is 39.5 Å². The summed E-state index contributed by atoms with van der Waals surface area (Å²) in [6.07, 6.45) is 0. The van der Waals surface area contributed by atoms with Gasteiger partial charge in [0.2, 0.25) is 0 Å². The van der Waals surface area contributed by atoms with E-state index in [1.165, 1.54) is 5.56 Å². The van der Waals surface area contributed by atoms with Gasteiger partial charge in [-0.1, -0.05) is 41.5 Å². The molecule has 0 heterocycles. The molecule has 3 nitrogen and oxygen atoms in total. The molecule has 2 aromatic carbocycles. The van der Waals surface area contributed by atoms with E-state index in [2.05, 4.69) is 23.5 Å². The molecule has 0 saturated heterocycles. The van der Waals surface area contributed by atoms with Crippen molar-refractivity contribution in [3.63, 3.8) is 0 Å². The number of hydrogen-bond donors (Lipinski definition) is 1. The number of nitrogens with zero attached hydrogens (tertiary/aromatic N) is 1. The fourth-order valence-electron chi connectivity index (χ4n) is 2.27. The number of nitrogens with one attached hydrogen (secondary N) is 1. The fourth-order valence-corrected chi connectivity index (χ4v) is 2.27. The minimum atomic E-state index is -0.192. The van der Waals surface area contributed by atoms with E-state index >= 15 is 0 Å². The summed E-state index contributed by atoms with van der Waals surface area (Å²) in [5.74, 6) is -0.192. The first-order valence-corrected chi connectivity index (χ1v) is 6.96. The van der Waals surface area contributed by atoms with Crippen LogP contribution in [0.15, 0.2) is 47.6 Å². The number of hydrazone groups is 1. The van der Waals surface area contributed by atoms with Crippen LogP contribution in [0.5, 0.6) is 0 Å². The molecule has 0 aliphatic rings. The van der Waals surface area contributed by atoms with Gasteiger partial charge in [0.1, 0.15) is 0 Å². The van der Waals surface area contributed by atoms with Gasteiger partial charge in [0.05, 0.1) is 5.71 Å². The summed E-state index contributed by atoms with van der Waals surface area (Å²) in [4.78, 5) is 12.1. The molecular formula is C18H20N2O. The van der Waals surface area contributed by atoms with Crippen molar-refractivity contribution < 1.29 is 4.79 Å². The Morgan fingerprint density at radius 1 is 1.00 bits per heavy atom. The van der Waals surface area contributed by atoms with Crippen LogP contribution in [0.2, 0.25) is 0 Å². The Bertz CT molecular complexity index is 702. The molecule has 1 amide bonds. The second-order valence-electron chi connectivity index (χ2n) is 5.33. The first kappa shape index (κ1) is 15.0. The van der Waals surface area contributed by atoms with E-state index in [0.29, 0.717) is 5.56 Å². The lowest BCUT2D eigenvalue weighted by molar-refractivity contribution is 0.0954. The summed E-state index contributed by atoms with van der Waals surface area (Å²) in [5, 5.41) is 4.21. The topological polar surface area (TPSA) is 41.5 Å². The maximum Gasteiger partial charge on any atom is 0.271 e. The Hall–Kier alpha value is -2.42. The first-order valence-electron chi connectivity index (χ1n) is 6.96. The molecule has 0 atom stereocenters. The lowest BCUT2D eigenvalue weighted by atomic mass is 10.0. The third kappa shape index (κ3) is 3.78. The number of rotatable bonds is 3. The lowest BCUT2D eigenvalue weighted by Gasteiger charge is -2.07. The maximum absolute atomic E-state index is 12.1. The number of carbonyl (C=O) groups is 1. The zero-order valence-corrected chi connectivity index (χ0v) is 12.9. The van der Waals surface area contributed by atoms with E-state index in [4.69, 9.17) is 0 Å². The van der Waals surface area contributed by atoms with Crippen molar-refractivity contribution >= 4 is 11.6 Å². The van der Waals surface area contributed by atoms with Gasteiger partial charge in [-0.15, -0.1) is 0 Å². The Morgan fingerprint density at radius 3 is 2.38 bits per heavy atom. The van der Waals surface area contributed by atoms with Crippen LogP contribution >= 0.6 is 0 Å². The molecule has 0 aromatic heterocycles. The molecule has 0 aliphatic heterocycles. The quantitative estimate of drug-likeness (QED) is 0.675. The van der Waals surface area contributed by atoms with Crippen LogP contribution in [0.25, 0.3) is 0 Å². The van der Waals surface area contributed by atoms with E-state index in [1.54, 1.807) is 6.07 Å². The van der Waals surface area contributed by atoms with Crippen molar-refractivity contribution in [2.75, 3.05) is 0 Å². The molecule has 1 N–H and O–H groups in total. The highest BCUT2D eigenvalue weighted by molar-refractivity contribution is 6.01. The van der Waals surface area contributed by atoms with Gasteiger partial charge in [0, 0.05) is 11.1 Å². The predicted molar refractivity (Wildman–Crippen MR) is 86.8 cm³/mol. The van der Waals surface area contributed by atoms with Gasteiger partial charge in [-0.25, -0.2) is 5.43 Å². The number of carbonyl (C=O) groups excluding carboxylic acids is 1. The third-order valence-corrected chi connectivity index (χ3v) is 3.38. The highest BCUT2D eigenvalue weighted by Crippen LogP contribution is 2.11. The molecule has 0 fully saturated rings. The van der Waals surface area contributed by atoms with Gasteiger partial charge < -0.3 is 0 Å². The minimum Gasteiger partial charge on any atom is -0.267 e. The zero-order chi connectivity index (χ0) is 15.4. The molecule has 0 spiro atoms. The van der Waals surface area contributed by atoms with Crippen LogP contribution in [-0.4, -0.2) is 11.6 Å². The van der Waals surface area contributed by atoms with E-state index in [0.717, 1.165) is 22.4 Å². The molecule has 108 valence electrons. The summed E-state index contributed by atoms with van der Waals surface area (Å²) in [6.45, 7) is 7.96. The standard InChI is InChI=1S/C18H20N2O/c1-12-6-5-7-16(11-12)18(21)20-19-15(4)17-9-8-13(2)10-14(17)3/h5-11H,1-4H3,(H,20,21)/b19-15-. The predicted octanol–water partition coefficient (Wildman–Crippen LogP) is 3.77. The van der Waals surface area contributed by atoms with E-state index in [9.17, 15) is 4.79 Å². The molecule has 0 radical (unpaired) electrons. The van der Waals surface area contributed by atoms with Crippen LogP contribution in [-0.2, 0) is 0 Å². The molecule has 0 unspecified atom stereocenters. The summed E-state index contributed by atoms with van der Waals surface area (Å²) in [7, 11) is 0. The SMILES string of the molecule is C/C(=N/NC(=O)c1cccc(C)c1)c1ccc(C)cc1C. The molecular weight excluding hydrogens is 260 g/mol.